The van der Waals surface area contributed by atoms with Crippen LogP contribution in [0, 0.1) is 28.1 Å². The van der Waals surface area contributed by atoms with Gasteiger partial charge in [0.1, 0.15) is 11.8 Å². The second-order valence-corrected chi connectivity index (χ2v) is 11.0. The molecule has 9 heteroatoms. The highest BCUT2D eigenvalue weighted by molar-refractivity contribution is 6.31. The number of pyridine rings is 1. The van der Waals surface area contributed by atoms with Crippen molar-refractivity contribution in [3.8, 4) is 12.1 Å². The number of hydrogen-bond donors (Lipinski definition) is 2. The van der Waals surface area contributed by atoms with Gasteiger partial charge in [-0.2, -0.15) is 10.5 Å². The van der Waals surface area contributed by atoms with Crippen molar-refractivity contribution in [1.29, 1.82) is 10.5 Å². The number of nitriles is 2. The highest BCUT2D eigenvalue weighted by Gasteiger charge is 2.28. The van der Waals surface area contributed by atoms with E-state index in [1.54, 1.807) is 18.3 Å². The number of rotatable bonds is 7. The first kappa shape index (κ1) is 24.5. The van der Waals surface area contributed by atoms with Crippen molar-refractivity contribution < 1.29 is 0 Å². The summed E-state index contributed by atoms with van der Waals surface area (Å²) in [4.78, 5) is 4.63. The first-order chi connectivity index (χ1) is 17.8. The number of fused-ring (bicyclic) bond motifs is 1. The fourth-order valence-electron chi connectivity index (χ4n) is 4.22. The fourth-order valence-corrected chi connectivity index (χ4v) is 4.47. The highest BCUT2D eigenvalue weighted by atomic mass is 35.5. The van der Waals surface area contributed by atoms with Crippen molar-refractivity contribution in [3.05, 3.63) is 76.2 Å². The molecule has 5 rings (SSSR count). The fraction of sp³-hybridized carbons (Fsp3) is 0.321. The van der Waals surface area contributed by atoms with Crippen molar-refractivity contribution in [2.24, 2.45) is 5.41 Å². The molecule has 0 saturated heterocycles. The SMILES string of the molecule is CC(C)(C)CNc1c(C#N)cnc2c(N[C@H](c3cn(C4CC4)nn3)c3ccccc3Cl)cc(C#N)cc12. The Labute approximate surface area is 220 Å². The van der Waals surface area contributed by atoms with E-state index in [0.717, 1.165) is 24.1 Å². The maximum Gasteiger partial charge on any atom is 0.110 e. The largest absolute Gasteiger partial charge is 0.383 e. The van der Waals surface area contributed by atoms with Gasteiger partial charge in [0.25, 0.3) is 0 Å². The van der Waals surface area contributed by atoms with Crippen molar-refractivity contribution >= 4 is 33.9 Å². The number of nitrogens with one attached hydrogen (secondary N) is 2. The standard InChI is InChI=1S/C28H27ClN8/c1-28(2,3)16-33-25-18(13-31)14-32-26-21(25)10-17(12-30)11-23(26)34-27(20-6-4-5-7-22(20)29)24-15-37(36-35-24)19-8-9-19/h4-7,10-11,14-15,19,27,34H,8-9,16H2,1-3H3,(H,32,33)/t27-/m0/s1. The minimum atomic E-state index is -0.429. The normalized spacial score (nSPS) is 14.1. The molecule has 2 aromatic carbocycles. The van der Waals surface area contributed by atoms with E-state index in [2.05, 4.69) is 58.8 Å². The second-order valence-electron chi connectivity index (χ2n) is 10.6. The van der Waals surface area contributed by atoms with E-state index in [1.807, 2.05) is 35.1 Å². The molecule has 0 spiro atoms. The van der Waals surface area contributed by atoms with Gasteiger partial charge in [-0.1, -0.05) is 55.8 Å². The van der Waals surface area contributed by atoms with Crippen LogP contribution < -0.4 is 10.6 Å². The topological polar surface area (TPSA) is 115 Å². The van der Waals surface area contributed by atoms with Crippen LogP contribution in [0.1, 0.15) is 68.1 Å². The predicted octanol–water partition coefficient (Wildman–Crippen LogP) is 6.22. The van der Waals surface area contributed by atoms with Gasteiger partial charge in [-0.3, -0.25) is 4.98 Å². The average Bonchev–Trinajstić information content (AvgIpc) is 3.62. The van der Waals surface area contributed by atoms with Crippen LogP contribution in [-0.4, -0.2) is 26.5 Å². The van der Waals surface area contributed by atoms with Crippen LogP contribution in [0.25, 0.3) is 10.9 Å². The van der Waals surface area contributed by atoms with E-state index in [0.29, 0.717) is 51.0 Å². The highest BCUT2D eigenvalue weighted by Crippen LogP contribution is 2.38. The Morgan fingerprint density at radius 1 is 1.16 bits per heavy atom. The van der Waals surface area contributed by atoms with Gasteiger partial charge in [-0.15, -0.1) is 5.10 Å². The van der Waals surface area contributed by atoms with Crippen molar-refractivity contribution in [2.45, 2.75) is 45.7 Å². The van der Waals surface area contributed by atoms with Gasteiger partial charge in [0.05, 0.1) is 52.4 Å². The molecule has 0 unspecified atom stereocenters. The zero-order chi connectivity index (χ0) is 26.2. The van der Waals surface area contributed by atoms with Crippen LogP contribution in [-0.2, 0) is 0 Å². The molecule has 0 bridgehead atoms. The van der Waals surface area contributed by atoms with Gasteiger partial charge in [-0.25, -0.2) is 4.68 Å². The lowest BCUT2D eigenvalue weighted by Gasteiger charge is -2.23. The zero-order valence-corrected chi connectivity index (χ0v) is 21.7. The molecule has 0 aliphatic heterocycles. The third kappa shape index (κ3) is 5.21. The van der Waals surface area contributed by atoms with Crippen LogP contribution in [0.15, 0.2) is 48.8 Å². The lowest BCUT2D eigenvalue weighted by atomic mass is 9.96. The predicted molar refractivity (Wildman–Crippen MR) is 144 cm³/mol. The summed E-state index contributed by atoms with van der Waals surface area (Å²) in [5.41, 5.74) is 4.36. The quantitative estimate of drug-likeness (QED) is 0.303. The van der Waals surface area contributed by atoms with E-state index in [-0.39, 0.29) is 5.41 Å². The van der Waals surface area contributed by atoms with Crippen molar-refractivity contribution in [2.75, 3.05) is 17.2 Å². The number of halogens is 1. The minimum Gasteiger partial charge on any atom is -0.383 e. The van der Waals surface area contributed by atoms with Gasteiger partial charge >= 0.3 is 0 Å². The van der Waals surface area contributed by atoms with E-state index >= 15 is 0 Å². The molecule has 0 radical (unpaired) electrons. The Kier molecular flexibility index (Phi) is 6.45. The number of hydrogen-bond acceptors (Lipinski definition) is 7. The van der Waals surface area contributed by atoms with Crippen molar-refractivity contribution in [3.63, 3.8) is 0 Å². The van der Waals surface area contributed by atoms with E-state index in [1.165, 1.54) is 0 Å². The van der Waals surface area contributed by atoms with Crippen LogP contribution in [0.5, 0.6) is 0 Å². The smallest absolute Gasteiger partial charge is 0.110 e. The molecule has 37 heavy (non-hydrogen) atoms. The van der Waals surface area contributed by atoms with Gasteiger partial charge in [-0.05, 0) is 42.0 Å². The van der Waals surface area contributed by atoms with Crippen LogP contribution >= 0.6 is 11.6 Å². The molecule has 1 aliphatic rings. The molecule has 186 valence electrons. The summed E-state index contributed by atoms with van der Waals surface area (Å²) < 4.78 is 1.90. The number of aromatic nitrogens is 4. The third-order valence-electron chi connectivity index (χ3n) is 6.28. The van der Waals surface area contributed by atoms with Gasteiger partial charge in [0.15, 0.2) is 0 Å². The lowest BCUT2D eigenvalue weighted by molar-refractivity contribution is 0.443. The summed E-state index contributed by atoms with van der Waals surface area (Å²) in [7, 11) is 0. The summed E-state index contributed by atoms with van der Waals surface area (Å²) >= 11 is 6.63. The Morgan fingerprint density at radius 2 is 1.95 bits per heavy atom. The molecule has 2 N–H and O–H groups in total. The summed E-state index contributed by atoms with van der Waals surface area (Å²) in [6.45, 7) is 7.00. The molecule has 1 aliphatic carbocycles. The summed E-state index contributed by atoms with van der Waals surface area (Å²) in [5.74, 6) is 0. The monoisotopic (exact) mass is 510 g/mol. The Balaban J connectivity index is 1.65. The molecule has 2 heterocycles. The number of nitrogens with zero attached hydrogens (tertiary/aromatic N) is 6. The van der Waals surface area contributed by atoms with Gasteiger partial charge in [0.2, 0.25) is 0 Å². The summed E-state index contributed by atoms with van der Waals surface area (Å²) in [5, 5.41) is 36.7. The van der Waals surface area contributed by atoms with Crippen LogP contribution in [0.4, 0.5) is 11.4 Å². The van der Waals surface area contributed by atoms with Crippen LogP contribution in [0.2, 0.25) is 5.02 Å². The summed E-state index contributed by atoms with van der Waals surface area (Å²) in [6.07, 6.45) is 5.71. The minimum absolute atomic E-state index is 0.0151. The van der Waals surface area contributed by atoms with E-state index in [4.69, 9.17) is 11.6 Å². The van der Waals surface area contributed by atoms with E-state index in [9.17, 15) is 10.5 Å². The lowest BCUT2D eigenvalue weighted by Crippen LogP contribution is -2.20. The summed E-state index contributed by atoms with van der Waals surface area (Å²) in [6, 6.07) is 15.6. The van der Waals surface area contributed by atoms with E-state index < -0.39 is 6.04 Å². The number of anilines is 2. The molecule has 1 fully saturated rings. The van der Waals surface area contributed by atoms with Crippen LogP contribution in [0.3, 0.4) is 0 Å². The third-order valence-corrected chi connectivity index (χ3v) is 6.62. The second kappa shape index (κ2) is 9.72. The number of benzene rings is 2. The maximum absolute atomic E-state index is 9.85. The van der Waals surface area contributed by atoms with Gasteiger partial charge < -0.3 is 10.6 Å². The van der Waals surface area contributed by atoms with Gasteiger partial charge in [0, 0.05) is 23.2 Å². The molecular weight excluding hydrogens is 484 g/mol. The zero-order valence-electron chi connectivity index (χ0n) is 21.0. The van der Waals surface area contributed by atoms with Crippen molar-refractivity contribution in [1.82, 2.24) is 20.0 Å². The Hall–Kier alpha value is -4.14. The molecule has 4 aromatic rings. The Bertz CT molecular complexity index is 1550. The molecule has 8 nitrogen and oxygen atoms in total. The first-order valence-electron chi connectivity index (χ1n) is 12.2. The molecule has 1 saturated carbocycles. The molecular formula is C28H27ClN8. The average molecular weight is 511 g/mol. The maximum atomic E-state index is 9.85. The first-order valence-corrected chi connectivity index (χ1v) is 12.6. The molecule has 1 atom stereocenters. The molecule has 2 aromatic heterocycles. The molecule has 0 amide bonds. The Morgan fingerprint density at radius 3 is 2.62 bits per heavy atom.